The van der Waals surface area contributed by atoms with E-state index < -0.39 is 23.8 Å². The number of alkyl halides is 3. The van der Waals surface area contributed by atoms with Gasteiger partial charge in [0, 0.05) is 0 Å². The first-order valence-corrected chi connectivity index (χ1v) is 7.51. The standard InChI is InChI=1S/C18H18F3NO3/c1-24-17(23)16(22)10-12-4-8-15(9-5-12)25-11-13-2-6-14(7-3-13)18(19,20)21/h2-9,16H,10-11,22H2,1H3. The van der Waals surface area contributed by atoms with Crippen molar-refractivity contribution in [3.05, 3.63) is 65.2 Å². The van der Waals surface area contributed by atoms with E-state index in [2.05, 4.69) is 4.74 Å². The lowest BCUT2D eigenvalue weighted by molar-refractivity contribution is -0.142. The number of ether oxygens (including phenoxy) is 2. The molecule has 0 saturated heterocycles. The van der Waals surface area contributed by atoms with Crippen LogP contribution in [-0.2, 0) is 28.7 Å². The highest BCUT2D eigenvalue weighted by molar-refractivity contribution is 5.75. The van der Waals surface area contributed by atoms with Crippen molar-refractivity contribution in [3.8, 4) is 5.75 Å². The number of halogens is 3. The van der Waals surface area contributed by atoms with Gasteiger partial charge in [0.2, 0.25) is 0 Å². The third-order valence-corrected chi connectivity index (χ3v) is 3.57. The van der Waals surface area contributed by atoms with Crippen molar-refractivity contribution >= 4 is 5.97 Å². The Morgan fingerprint density at radius 3 is 2.12 bits per heavy atom. The molecule has 2 aromatic carbocycles. The van der Waals surface area contributed by atoms with Gasteiger partial charge >= 0.3 is 12.1 Å². The van der Waals surface area contributed by atoms with E-state index in [9.17, 15) is 18.0 Å². The summed E-state index contributed by atoms with van der Waals surface area (Å²) >= 11 is 0. The smallest absolute Gasteiger partial charge is 0.416 e. The maximum atomic E-state index is 12.5. The van der Waals surface area contributed by atoms with Crippen molar-refractivity contribution in [2.24, 2.45) is 5.73 Å². The van der Waals surface area contributed by atoms with Gasteiger partial charge in [-0.25, -0.2) is 0 Å². The Morgan fingerprint density at radius 1 is 1.04 bits per heavy atom. The van der Waals surface area contributed by atoms with Crippen molar-refractivity contribution in [1.29, 1.82) is 0 Å². The summed E-state index contributed by atoms with van der Waals surface area (Å²) in [5.41, 5.74) is 6.47. The van der Waals surface area contributed by atoms with E-state index in [0.717, 1.165) is 17.7 Å². The van der Waals surface area contributed by atoms with Gasteiger partial charge < -0.3 is 15.2 Å². The minimum absolute atomic E-state index is 0.152. The number of rotatable bonds is 6. The third kappa shape index (κ3) is 5.49. The Morgan fingerprint density at radius 2 is 1.60 bits per heavy atom. The van der Waals surface area contributed by atoms with Crippen LogP contribution in [0.25, 0.3) is 0 Å². The highest BCUT2D eigenvalue weighted by Crippen LogP contribution is 2.29. The molecule has 1 unspecified atom stereocenters. The largest absolute Gasteiger partial charge is 0.489 e. The van der Waals surface area contributed by atoms with Gasteiger partial charge in [0.05, 0.1) is 12.7 Å². The summed E-state index contributed by atoms with van der Waals surface area (Å²) in [6, 6.07) is 11.0. The predicted octanol–water partition coefficient (Wildman–Crippen LogP) is 3.33. The molecule has 0 radical (unpaired) electrons. The van der Waals surface area contributed by atoms with E-state index in [-0.39, 0.29) is 6.61 Å². The van der Waals surface area contributed by atoms with Crippen molar-refractivity contribution in [3.63, 3.8) is 0 Å². The normalized spacial score (nSPS) is 12.5. The second-order valence-corrected chi connectivity index (χ2v) is 5.46. The molecule has 0 aliphatic carbocycles. The van der Waals surface area contributed by atoms with Crippen LogP contribution in [0.2, 0.25) is 0 Å². The van der Waals surface area contributed by atoms with Crippen LogP contribution < -0.4 is 10.5 Å². The van der Waals surface area contributed by atoms with Crippen molar-refractivity contribution in [2.75, 3.05) is 7.11 Å². The number of methoxy groups -OCH3 is 1. The van der Waals surface area contributed by atoms with E-state index in [1.807, 2.05) is 0 Å². The average Bonchev–Trinajstić information content (AvgIpc) is 2.60. The first-order chi connectivity index (χ1) is 11.8. The lowest BCUT2D eigenvalue weighted by Gasteiger charge is -2.11. The first kappa shape index (κ1) is 18.8. The molecule has 0 spiro atoms. The Hall–Kier alpha value is -2.54. The number of nitrogens with two attached hydrogens (primary N) is 1. The number of carbonyl (C=O) groups is 1. The average molecular weight is 353 g/mol. The van der Waals surface area contributed by atoms with E-state index >= 15 is 0 Å². The summed E-state index contributed by atoms with van der Waals surface area (Å²) in [6.07, 6.45) is -4.01. The van der Waals surface area contributed by atoms with Crippen LogP contribution in [0, 0.1) is 0 Å². The van der Waals surface area contributed by atoms with Gasteiger partial charge in [0.15, 0.2) is 0 Å². The Kier molecular flexibility index (Phi) is 6.03. The Labute approximate surface area is 143 Å². The molecule has 1 atom stereocenters. The summed E-state index contributed by atoms with van der Waals surface area (Å²) in [7, 11) is 1.28. The summed E-state index contributed by atoms with van der Waals surface area (Å²) in [6.45, 7) is 0.152. The predicted molar refractivity (Wildman–Crippen MR) is 85.9 cm³/mol. The van der Waals surface area contributed by atoms with Crippen LogP contribution in [0.4, 0.5) is 13.2 Å². The van der Waals surface area contributed by atoms with Gasteiger partial charge in [-0.05, 0) is 41.8 Å². The Bertz CT molecular complexity index is 697. The molecule has 0 bridgehead atoms. The molecule has 134 valence electrons. The van der Waals surface area contributed by atoms with E-state index in [1.54, 1.807) is 24.3 Å². The fraction of sp³-hybridized carbons (Fsp3) is 0.278. The second-order valence-electron chi connectivity index (χ2n) is 5.46. The van der Waals surface area contributed by atoms with E-state index in [0.29, 0.717) is 17.7 Å². The number of benzene rings is 2. The third-order valence-electron chi connectivity index (χ3n) is 3.57. The number of esters is 1. The van der Waals surface area contributed by atoms with Crippen LogP contribution in [0.5, 0.6) is 5.75 Å². The first-order valence-electron chi connectivity index (χ1n) is 7.51. The molecule has 25 heavy (non-hydrogen) atoms. The minimum Gasteiger partial charge on any atom is -0.489 e. The van der Waals surface area contributed by atoms with E-state index in [4.69, 9.17) is 10.5 Å². The van der Waals surface area contributed by atoms with Gasteiger partial charge in [-0.3, -0.25) is 4.79 Å². The lowest BCUT2D eigenvalue weighted by atomic mass is 10.1. The highest BCUT2D eigenvalue weighted by Gasteiger charge is 2.29. The molecule has 2 rings (SSSR count). The maximum absolute atomic E-state index is 12.5. The molecule has 0 aliphatic heterocycles. The second kappa shape index (κ2) is 8.02. The van der Waals surface area contributed by atoms with Gasteiger partial charge in [0.1, 0.15) is 18.4 Å². The fourth-order valence-corrected chi connectivity index (χ4v) is 2.17. The van der Waals surface area contributed by atoms with Gasteiger partial charge in [-0.2, -0.15) is 13.2 Å². The molecular formula is C18H18F3NO3. The molecule has 2 N–H and O–H groups in total. The van der Waals surface area contributed by atoms with Crippen LogP contribution >= 0.6 is 0 Å². The molecule has 0 aromatic heterocycles. The molecule has 4 nitrogen and oxygen atoms in total. The molecule has 0 aliphatic rings. The topological polar surface area (TPSA) is 61.5 Å². The zero-order valence-corrected chi connectivity index (χ0v) is 13.5. The summed E-state index contributed by atoms with van der Waals surface area (Å²) in [5, 5.41) is 0. The van der Waals surface area contributed by atoms with Gasteiger partial charge in [0.25, 0.3) is 0 Å². The monoisotopic (exact) mass is 353 g/mol. The quantitative estimate of drug-likeness (QED) is 0.810. The van der Waals surface area contributed by atoms with Crippen molar-refractivity contribution in [2.45, 2.75) is 25.2 Å². The van der Waals surface area contributed by atoms with Gasteiger partial charge in [-0.1, -0.05) is 24.3 Å². The van der Waals surface area contributed by atoms with Crippen molar-refractivity contribution in [1.82, 2.24) is 0 Å². The molecule has 7 heteroatoms. The van der Waals surface area contributed by atoms with Crippen LogP contribution in [0.15, 0.2) is 48.5 Å². The summed E-state index contributed by atoms with van der Waals surface area (Å²) in [5.74, 6) is 0.0814. The van der Waals surface area contributed by atoms with Crippen LogP contribution in [-0.4, -0.2) is 19.1 Å². The number of hydrogen-bond acceptors (Lipinski definition) is 4. The summed E-state index contributed by atoms with van der Waals surface area (Å²) in [4.78, 5) is 11.3. The molecule has 0 saturated carbocycles. The van der Waals surface area contributed by atoms with Gasteiger partial charge in [-0.15, -0.1) is 0 Å². The highest BCUT2D eigenvalue weighted by atomic mass is 19.4. The van der Waals surface area contributed by atoms with Crippen molar-refractivity contribution < 1.29 is 27.4 Å². The fourth-order valence-electron chi connectivity index (χ4n) is 2.17. The summed E-state index contributed by atoms with van der Waals surface area (Å²) < 4.78 is 47.6. The van der Waals surface area contributed by atoms with Crippen LogP contribution in [0.3, 0.4) is 0 Å². The zero-order chi connectivity index (χ0) is 18.4. The number of hydrogen-bond donors (Lipinski definition) is 1. The Balaban J connectivity index is 1.90. The molecular weight excluding hydrogens is 335 g/mol. The molecule has 0 heterocycles. The zero-order valence-electron chi connectivity index (χ0n) is 13.5. The maximum Gasteiger partial charge on any atom is 0.416 e. The number of carbonyl (C=O) groups excluding carboxylic acids is 1. The van der Waals surface area contributed by atoms with E-state index in [1.165, 1.54) is 19.2 Å². The molecule has 0 fully saturated rings. The molecule has 2 aromatic rings. The lowest BCUT2D eigenvalue weighted by Crippen LogP contribution is -2.33. The molecule has 0 amide bonds. The SMILES string of the molecule is COC(=O)C(N)Cc1ccc(OCc2ccc(C(F)(F)F)cc2)cc1. The minimum atomic E-state index is -4.35. The van der Waals surface area contributed by atoms with Crippen LogP contribution in [0.1, 0.15) is 16.7 Å².